The molecule has 0 aromatic heterocycles. The molecule has 0 spiro atoms. The van der Waals surface area contributed by atoms with Gasteiger partial charge in [-0.3, -0.25) is 0 Å². The second-order valence-electron chi connectivity index (χ2n) is 4.72. The zero-order valence-electron chi connectivity index (χ0n) is 9.38. The quantitative estimate of drug-likeness (QED) is 0.794. The Morgan fingerprint density at radius 3 is 2.88 bits per heavy atom. The summed E-state index contributed by atoms with van der Waals surface area (Å²) in [5, 5.41) is 3.51. The van der Waals surface area contributed by atoms with E-state index >= 15 is 0 Å². The van der Waals surface area contributed by atoms with E-state index in [0.717, 1.165) is 19.1 Å². The maximum absolute atomic E-state index is 3.51. The highest BCUT2D eigenvalue weighted by atomic mass is 127. The van der Waals surface area contributed by atoms with Crippen molar-refractivity contribution in [2.75, 3.05) is 23.3 Å². The molecule has 1 aromatic carbocycles. The third-order valence-electron chi connectivity index (χ3n) is 3.70. The number of anilines is 2. The molecule has 1 aliphatic heterocycles. The fourth-order valence-electron chi connectivity index (χ4n) is 2.93. The van der Waals surface area contributed by atoms with Crippen LogP contribution in [-0.2, 0) is 0 Å². The van der Waals surface area contributed by atoms with Crippen molar-refractivity contribution in [2.45, 2.75) is 31.7 Å². The lowest BCUT2D eigenvalue weighted by Crippen LogP contribution is -2.40. The maximum Gasteiger partial charge on any atom is 0.0605 e. The Bertz CT molecular complexity index is 386. The van der Waals surface area contributed by atoms with Crippen molar-refractivity contribution >= 4 is 34.0 Å². The van der Waals surface area contributed by atoms with Gasteiger partial charge < -0.3 is 10.2 Å². The Balaban J connectivity index is 1.93. The van der Waals surface area contributed by atoms with Crippen molar-refractivity contribution in [1.82, 2.24) is 0 Å². The first kappa shape index (κ1) is 10.7. The summed E-state index contributed by atoms with van der Waals surface area (Å²) < 4.78 is 1.32. The van der Waals surface area contributed by atoms with E-state index in [4.69, 9.17) is 0 Å². The van der Waals surface area contributed by atoms with E-state index in [9.17, 15) is 0 Å². The molecule has 1 aromatic rings. The van der Waals surface area contributed by atoms with Gasteiger partial charge in [-0.05, 0) is 53.6 Å². The van der Waals surface area contributed by atoms with Crippen molar-refractivity contribution in [3.05, 3.63) is 21.8 Å². The smallest absolute Gasteiger partial charge is 0.0605 e. The molecular formula is C13H17IN2. The van der Waals surface area contributed by atoms with Gasteiger partial charge in [-0.15, -0.1) is 0 Å². The third kappa shape index (κ3) is 1.90. The van der Waals surface area contributed by atoms with E-state index < -0.39 is 0 Å². The zero-order chi connectivity index (χ0) is 11.0. The van der Waals surface area contributed by atoms with E-state index in [2.05, 4.69) is 51.0 Å². The van der Waals surface area contributed by atoms with E-state index in [1.165, 1.54) is 40.6 Å². The Hall–Kier alpha value is -0.450. The number of nitrogens with one attached hydrogen (secondary N) is 1. The summed E-state index contributed by atoms with van der Waals surface area (Å²) in [6.07, 6.45) is 5.58. The number of fused-ring (bicyclic) bond motifs is 1. The van der Waals surface area contributed by atoms with E-state index in [1.807, 2.05) is 0 Å². The van der Waals surface area contributed by atoms with Gasteiger partial charge in [0.15, 0.2) is 0 Å². The Morgan fingerprint density at radius 2 is 2.06 bits per heavy atom. The van der Waals surface area contributed by atoms with Crippen LogP contribution in [0.5, 0.6) is 0 Å². The highest BCUT2D eigenvalue weighted by molar-refractivity contribution is 14.1. The molecule has 16 heavy (non-hydrogen) atoms. The molecule has 0 radical (unpaired) electrons. The van der Waals surface area contributed by atoms with Gasteiger partial charge in [0.2, 0.25) is 0 Å². The van der Waals surface area contributed by atoms with Crippen LogP contribution in [0.3, 0.4) is 0 Å². The summed E-state index contributed by atoms with van der Waals surface area (Å²) in [7, 11) is 0. The van der Waals surface area contributed by atoms with Crippen LogP contribution < -0.4 is 10.2 Å². The molecule has 1 N–H and O–H groups in total. The first-order valence-electron chi connectivity index (χ1n) is 6.15. The second kappa shape index (κ2) is 4.43. The molecule has 0 atom stereocenters. The van der Waals surface area contributed by atoms with Gasteiger partial charge in [0.1, 0.15) is 0 Å². The number of rotatable bonds is 1. The molecule has 0 unspecified atom stereocenters. The van der Waals surface area contributed by atoms with Gasteiger partial charge in [-0.1, -0.05) is 12.8 Å². The summed E-state index contributed by atoms with van der Waals surface area (Å²) in [6.45, 7) is 2.25. The molecule has 86 valence electrons. The van der Waals surface area contributed by atoms with Gasteiger partial charge >= 0.3 is 0 Å². The lowest BCUT2D eigenvalue weighted by atomic mass is 10.1. The van der Waals surface area contributed by atoms with Crippen LogP contribution in [0, 0.1) is 3.57 Å². The molecule has 3 heteroatoms. The van der Waals surface area contributed by atoms with Crippen molar-refractivity contribution in [3.63, 3.8) is 0 Å². The standard InChI is InChI=1S/C13H17IN2/c14-10-5-6-13-12(9-10)15-7-8-16(13)11-3-1-2-4-11/h5-6,9,11,15H,1-4,7-8H2. The molecule has 2 nitrogen and oxygen atoms in total. The number of nitrogens with zero attached hydrogens (tertiary/aromatic N) is 1. The van der Waals surface area contributed by atoms with Crippen LogP contribution >= 0.6 is 22.6 Å². The molecule has 1 saturated carbocycles. The summed E-state index contributed by atoms with van der Waals surface area (Å²) >= 11 is 2.38. The largest absolute Gasteiger partial charge is 0.382 e. The first-order valence-corrected chi connectivity index (χ1v) is 7.22. The fraction of sp³-hybridized carbons (Fsp3) is 0.538. The molecular weight excluding hydrogens is 311 g/mol. The normalized spacial score (nSPS) is 20.7. The van der Waals surface area contributed by atoms with Gasteiger partial charge in [0.05, 0.1) is 11.4 Å². The number of benzene rings is 1. The van der Waals surface area contributed by atoms with E-state index in [-0.39, 0.29) is 0 Å². The minimum Gasteiger partial charge on any atom is -0.382 e. The number of hydrogen-bond acceptors (Lipinski definition) is 2. The van der Waals surface area contributed by atoms with Crippen molar-refractivity contribution in [3.8, 4) is 0 Å². The highest BCUT2D eigenvalue weighted by Crippen LogP contribution is 2.35. The summed E-state index contributed by atoms with van der Waals surface area (Å²) in [5.74, 6) is 0. The average Bonchev–Trinajstić information content (AvgIpc) is 2.81. The Labute approximate surface area is 111 Å². The predicted molar refractivity (Wildman–Crippen MR) is 77.3 cm³/mol. The van der Waals surface area contributed by atoms with Crippen LogP contribution in [0.2, 0.25) is 0 Å². The topological polar surface area (TPSA) is 15.3 Å². The van der Waals surface area contributed by atoms with Gasteiger partial charge in [0, 0.05) is 22.7 Å². The Kier molecular flexibility index (Phi) is 2.96. The minimum absolute atomic E-state index is 0.793. The molecule has 0 saturated heterocycles. The molecule has 3 rings (SSSR count). The van der Waals surface area contributed by atoms with Crippen molar-refractivity contribution < 1.29 is 0 Å². The van der Waals surface area contributed by atoms with Crippen molar-refractivity contribution in [1.29, 1.82) is 0 Å². The van der Waals surface area contributed by atoms with Gasteiger partial charge in [-0.25, -0.2) is 0 Å². The second-order valence-corrected chi connectivity index (χ2v) is 5.97. The summed E-state index contributed by atoms with van der Waals surface area (Å²) in [5.41, 5.74) is 2.74. The zero-order valence-corrected chi connectivity index (χ0v) is 11.5. The lowest BCUT2D eigenvalue weighted by Gasteiger charge is -2.36. The maximum atomic E-state index is 3.51. The lowest BCUT2D eigenvalue weighted by molar-refractivity contribution is 0.606. The summed E-state index contributed by atoms with van der Waals surface area (Å²) in [4.78, 5) is 2.62. The predicted octanol–water partition coefficient (Wildman–Crippen LogP) is 3.47. The monoisotopic (exact) mass is 328 g/mol. The van der Waals surface area contributed by atoms with E-state index in [0.29, 0.717) is 0 Å². The fourth-order valence-corrected chi connectivity index (χ4v) is 3.42. The van der Waals surface area contributed by atoms with Gasteiger partial charge in [0.25, 0.3) is 0 Å². The molecule has 1 heterocycles. The molecule has 1 aliphatic carbocycles. The Morgan fingerprint density at radius 1 is 1.25 bits per heavy atom. The molecule has 1 fully saturated rings. The van der Waals surface area contributed by atoms with Crippen LogP contribution in [0.15, 0.2) is 18.2 Å². The number of halogens is 1. The first-order chi connectivity index (χ1) is 7.84. The van der Waals surface area contributed by atoms with E-state index in [1.54, 1.807) is 0 Å². The van der Waals surface area contributed by atoms with Gasteiger partial charge in [-0.2, -0.15) is 0 Å². The van der Waals surface area contributed by atoms with Crippen LogP contribution in [0.1, 0.15) is 25.7 Å². The SMILES string of the molecule is Ic1ccc2c(c1)NCCN2C1CCCC1. The minimum atomic E-state index is 0.793. The molecule has 2 aliphatic rings. The van der Waals surface area contributed by atoms with Crippen LogP contribution in [0.25, 0.3) is 0 Å². The van der Waals surface area contributed by atoms with Crippen LogP contribution in [-0.4, -0.2) is 19.1 Å². The van der Waals surface area contributed by atoms with Crippen molar-refractivity contribution in [2.24, 2.45) is 0 Å². The number of hydrogen-bond donors (Lipinski definition) is 1. The summed E-state index contributed by atoms with van der Waals surface area (Å²) in [6, 6.07) is 7.55. The molecule has 0 amide bonds. The molecule has 0 bridgehead atoms. The highest BCUT2D eigenvalue weighted by Gasteiger charge is 2.26. The van der Waals surface area contributed by atoms with Crippen LogP contribution in [0.4, 0.5) is 11.4 Å². The third-order valence-corrected chi connectivity index (χ3v) is 4.37. The average molecular weight is 328 g/mol.